The molecule has 3 rings (SSSR count). The lowest BCUT2D eigenvalue weighted by molar-refractivity contribution is -0.133. The van der Waals surface area contributed by atoms with Gasteiger partial charge in [-0.2, -0.15) is 0 Å². The van der Waals surface area contributed by atoms with Crippen molar-refractivity contribution < 1.29 is 9.53 Å². The van der Waals surface area contributed by atoms with E-state index in [9.17, 15) is 4.79 Å². The van der Waals surface area contributed by atoms with Crippen LogP contribution in [0.2, 0.25) is 5.02 Å². The van der Waals surface area contributed by atoms with E-state index >= 15 is 0 Å². The Labute approximate surface area is 142 Å². The van der Waals surface area contributed by atoms with Crippen molar-refractivity contribution in [1.29, 1.82) is 0 Å². The molecule has 1 amide bonds. The third-order valence-corrected chi connectivity index (χ3v) is 4.46. The largest absolute Gasteiger partial charge is 0.378 e. The molecule has 1 aromatic rings. The number of nitrogens with zero attached hydrogens (tertiary/aromatic N) is 1. The Hall–Kier alpha value is -0.810. The maximum atomic E-state index is 12.6. The molecule has 2 unspecified atom stereocenters. The summed E-state index contributed by atoms with van der Waals surface area (Å²) in [5, 5.41) is 4.07. The molecule has 2 aliphatic rings. The smallest absolute Gasteiger partial charge is 0.224 e. The Balaban J connectivity index is 0.00000176. The van der Waals surface area contributed by atoms with Gasteiger partial charge in [0.05, 0.1) is 19.3 Å². The SMILES string of the molecule is Cl.O=C(CC1COCCN1)N1CCCC1c1cccc(Cl)c1. The molecule has 2 heterocycles. The number of carbonyl (C=O) groups excluding carboxylic acids is 1. The van der Waals surface area contributed by atoms with Gasteiger partial charge in [0.2, 0.25) is 5.91 Å². The van der Waals surface area contributed by atoms with Gasteiger partial charge in [-0.3, -0.25) is 4.79 Å². The molecule has 0 radical (unpaired) electrons. The van der Waals surface area contributed by atoms with Gasteiger partial charge in [-0.25, -0.2) is 0 Å². The highest BCUT2D eigenvalue weighted by Gasteiger charge is 2.31. The number of amides is 1. The van der Waals surface area contributed by atoms with E-state index < -0.39 is 0 Å². The fourth-order valence-electron chi connectivity index (χ4n) is 3.20. The fraction of sp³-hybridized carbons (Fsp3) is 0.562. The number of nitrogens with one attached hydrogen (secondary N) is 1. The molecule has 0 saturated carbocycles. The number of benzene rings is 1. The zero-order valence-corrected chi connectivity index (χ0v) is 14.0. The van der Waals surface area contributed by atoms with Crippen LogP contribution in [0.5, 0.6) is 0 Å². The van der Waals surface area contributed by atoms with Crippen molar-refractivity contribution in [2.45, 2.75) is 31.3 Å². The number of morpholine rings is 1. The molecule has 22 heavy (non-hydrogen) atoms. The van der Waals surface area contributed by atoms with Crippen LogP contribution in [0, 0.1) is 0 Å². The monoisotopic (exact) mass is 344 g/mol. The van der Waals surface area contributed by atoms with E-state index in [-0.39, 0.29) is 30.4 Å². The molecule has 6 heteroatoms. The third kappa shape index (κ3) is 4.13. The minimum atomic E-state index is 0. The topological polar surface area (TPSA) is 41.6 Å². The number of hydrogen-bond acceptors (Lipinski definition) is 3. The second-order valence-electron chi connectivity index (χ2n) is 5.73. The second-order valence-corrected chi connectivity index (χ2v) is 6.17. The highest BCUT2D eigenvalue weighted by atomic mass is 35.5. The van der Waals surface area contributed by atoms with E-state index in [2.05, 4.69) is 11.4 Å². The first-order chi connectivity index (χ1) is 10.2. The molecule has 2 aliphatic heterocycles. The van der Waals surface area contributed by atoms with Crippen molar-refractivity contribution in [1.82, 2.24) is 10.2 Å². The molecule has 1 aromatic carbocycles. The van der Waals surface area contributed by atoms with Gasteiger partial charge in [0.25, 0.3) is 0 Å². The summed E-state index contributed by atoms with van der Waals surface area (Å²) in [6.07, 6.45) is 2.58. The van der Waals surface area contributed by atoms with Crippen LogP contribution in [0.3, 0.4) is 0 Å². The van der Waals surface area contributed by atoms with Crippen LogP contribution in [-0.2, 0) is 9.53 Å². The van der Waals surface area contributed by atoms with E-state index in [0.29, 0.717) is 13.0 Å². The molecule has 0 spiro atoms. The predicted octanol–water partition coefficient (Wildman–Crippen LogP) is 2.80. The maximum absolute atomic E-state index is 12.6. The first-order valence-corrected chi connectivity index (χ1v) is 7.98. The number of carbonyl (C=O) groups is 1. The van der Waals surface area contributed by atoms with Crippen LogP contribution >= 0.6 is 24.0 Å². The average molecular weight is 345 g/mol. The average Bonchev–Trinajstić information content (AvgIpc) is 2.98. The van der Waals surface area contributed by atoms with Crippen LogP contribution in [0.4, 0.5) is 0 Å². The minimum absolute atomic E-state index is 0. The molecular formula is C16H22Cl2N2O2. The van der Waals surface area contributed by atoms with Gasteiger partial charge in [0.15, 0.2) is 0 Å². The van der Waals surface area contributed by atoms with Gasteiger partial charge in [-0.05, 0) is 30.5 Å². The van der Waals surface area contributed by atoms with Gasteiger partial charge < -0.3 is 15.0 Å². The molecule has 2 fully saturated rings. The lowest BCUT2D eigenvalue weighted by Crippen LogP contribution is -2.45. The Morgan fingerprint density at radius 3 is 3.05 bits per heavy atom. The quantitative estimate of drug-likeness (QED) is 0.916. The number of halogens is 2. The lowest BCUT2D eigenvalue weighted by Gasteiger charge is -2.29. The maximum Gasteiger partial charge on any atom is 0.224 e. The van der Waals surface area contributed by atoms with E-state index in [0.717, 1.165) is 43.1 Å². The van der Waals surface area contributed by atoms with Crippen molar-refractivity contribution in [2.75, 3.05) is 26.3 Å². The van der Waals surface area contributed by atoms with Crippen LogP contribution in [0.1, 0.15) is 30.9 Å². The summed E-state index contributed by atoms with van der Waals surface area (Å²) < 4.78 is 5.42. The molecule has 0 aliphatic carbocycles. The second kappa shape index (κ2) is 8.16. The summed E-state index contributed by atoms with van der Waals surface area (Å²) in [6, 6.07) is 8.17. The summed E-state index contributed by atoms with van der Waals surface area (Å²) in [6.45, 7) is 3.03. The van der Waals surface area contributed by atoms with Crippen LogP contribution in [-0.4, -0.2) is 43.2 Å². The summed E-state index contributed by atoms with van der Waals surface area (Å²) in [4.78, 5) is 14.6. The summed E-state index contributed by atoms with van der Waals surface area (Å²) in [5.74, 6) is 0.209. The van der Waals surface area contributed by atoms with Gasteiger partial charge in [0, 0.05) is 30.6 Å². The Morgan fingerprint density at radius 1 is 1.45 bits per heavy atom. The first-order valence-electron chi connectivity index (χ1n) is 7.60. The number of rotatable bonds is 3. The molecular weight excluding hydrogens is 323 g/mol. The molecule has 1 N–H and O–H groups in total. The summed E-state index contributed by atoms with van der Waals surface area (Å²) in [7, 11) is 0. The highest BCUT2D eigenvalue weighted by Crippen LogP contribution is 2.33. The number of hydrogen-bond donors (Lipinski definition) is 1. The molecule has 0 bridgehead atoms. The first kappa shape index (κ1) is 17.5. The molecule has 2 atom stereocenters. The number of ether oxygens (including phenoxy) is 1. The van der Waals surface area contributed by atoms with Gasteiger partial charge in [-0.1, -0.05) is 23.7 Å². The van der Waals surface area contributed by atoms with E-state index in [1.165, 1.54) is 0 Å². The Morgan fingerprint density at radius 2 is 2.32 bits per heavy atom. The van der Waals surface area contributed by atoms with E-state index in [1.807, 2.05) is 23.1 Å². The standard InChI is InChI=1S/C16H21ClN2O2.ClH/c17-13-4-1-3-12(9-13)15-5-2-7-19(15)16(20)10-14-11-21-8-6-18-14;/h1,3-4,9,14-15,18H,2,5-8,10-11H2;1H. The van der Waals surface area contributed by atoms with Crippen LogP contribution in [0.25, 0.3) is 0 Å². The Bertz CT molecular complexity index is 507. The predicted molar refractivity (Wildman–Crippen MR) is 89.6 cm³/mol. The van der Waals surface area contributed by atoms with Crippen LogP contribution in [0.15, 0.2) is 24.3 Å². The molecule has 4 nitrogen and oxygen atoms in total. The van der Waals surface area contributed by atoms with Crippen molar-refractivity contribution in [2.24, 2.45) is 0 Å². The van der Waals surface area contributed by atoms with Crippen molar-refractivity contribution in [3.05, 3.63) is 34.9 Å². The zero-order chi connectivity index (χ0) is 14.7. The lowest BCUT2D eigenvalue weighted by atomic mass is 10.0. The fourth-order valence-corrected chi connectivity index (χ4v) is 3.40. The van der Waals surface area contributed by atoms with Crippen molar-refractivity contribution in [3.63, 3.8) is 0 Å². The van der Waals surface area contributed by atoms with Crippen molar-refractivity contribution in [3.8, 4) is 0 Å². The van der Waals surface area contributed by atoms with Gasteiger partial charge in [0.1, 0.15) is 0 Å². The summed E-state index contributed by atoms with van der Waals surface area (Å²) >= 11 is 6.08. The van der Waals surface area contributed by atoms with E-state index in [4.69, 9.17) is 16.3 Å². The van der Waals surface area contributed by atoms with Gasteiger partial charge in [-0.15, -0.1) is 12.4 Å². The van der Waals surface area contributed by atoms with E-state index in [1.54, 1.807) is 0 Å². The molecule has 122 valence electrons. The normalized spacial score (nSPS) is 24.9. The molecule has 2 saturated heterocycles. The highest BCUT2D eigenvalue weighted by molar-refractivity contribution is 6.30. The minimum Gasteiger partial charge on any atom is -0.378 e. The third-order valence-electron chi connectivity index (χ3n) is 4.23. The van der Waals surface area contributed by atoms with Gasteiger partial charge >= 0.3 is 0 Å². The van der Waals surface area contributed by atoms with Crippen LogP contribution < -0.4 is 5.32 Å². The summed E-state index contributed by atoms with van der Waals surface area (Å²) in [5.41, 5.74) is 1.14. The Kier molecular flexibility index (Phi) is 6.50. The molecule has 0 aromatic heterocycles. The number of likely N-dealkylation sites (tertiary alicyclic amines) is 1. The zero-order valence-electron chi connectivity index (χ0n) is 12.5. The van der Waals surface area contributed by atoms with Crippen molar-refractivity contribution >= 4 is 29.9 Å².